The summed E-state index contributed by atoms with van der Waals surface area (Å²) < 4.78 is 4.84. The molecule has 0 aliphatic carbocycles. The molecule has 0 fully saturated rings. The summed E-state index contributed by atoms with van der Waals surface area (Å²) >= 11 is 0. The first-order valence-electron chi connectivity index (χ1n) is 4.39. The van der Waals surface area contributed by atoms with E-state index in [2.05, 4.69) is 10.1 Å². The van der Waals surface area contributed by atoms with Crippen molar-refractivity contribution >= 4 is 34.4 Å². The molecule has 2 N–H and O–H groups in total. The minimum atomic E-state index is -0.503. The van der Waals surface area contributed by atoms with Crippen molar-refractivity contribution in [3.8, 4) is 0 Å². The SMILES string of the molecule is Cl.O=c1[nH]oc2[nH]c3ccccc3c(=O)c12. The molecule has 0 aliphatic heterocycles. The zero-order valence-electron chi connectivity index (χ0n) is 7.94. The highest BCUT2D eigenvalue weighted by Crippen LogP contribution is 2.10. The average molecular weight is 239 g/mol. The van der Waals surface area contributed by atoms with Gasteiger partial charge in [0.05, 0.1) is 5.52 Å². The number of halogens is 1. The summed E-state index contributed by atoms with van der Waals surface area (Å²) in [5.74, 6) is 0. The van der Waals surface area contributed by atoms with E-state index in [9.17, 15) is 9.59 Å². The Balaban J connectivity index is 0.000000963. The predicted octanol–water partition coefficient (Wildman–Crippen LogP) is 1.38. The van der Waals surface area contributed by atoms with Gasteiger partial charge in [-0.25, -0.2) is 0 Å². The van der Waals surface area contributed by atoms with E-state index in [0.29, 0.717) is 10.9 Å². The Labute approximate surface area is 94.5 Å². The second-order valence-electron chi connectivity index (χ2n) is 3.24. The molecule has 3 rings (SSSR count). The van der Waals surface area contributed by atoms with Crippen LogP contribution in [0.3, 0.4) is 0 Å². The van der Waals surface area contributed by atoms with Crippen LogP contribution in [0.2, 0.25) is 0 Å². The van der Waals surface area contributed by atoms with Crippen molar-refractivity contribution in [2.45, 2.75) is 0 Å². The fourth-order valence-electron chi connectivity index (χ4n) is 1.64. The number of hydrogen-bond acceptors (Lipinski definition) is 3. The van der Waals surface area contributed by atoms with Gasteiger partial charge in [0.2, 0.25) is 11.1 Å². The number of H-pyrrole nitrogens is 2. The van der Waals surface area contributed by atoms with Crippen molar-refractivity contribution in [2.75, 3.05) is 0 Å². The number of benzene rings is 1. The van der Waals surface area contributed by atoms with Gasteiger partial charge in [-0.1, -0.05) is 12.1 Å². The first-order chi connectivity index (χ1) is 7.27. The number of nitrogens with one attached hydrogen (secondary N) is 2. The number of aromatic nitrogens is 2. The van der Waals surface area contributed by atoms with Gasteiger partial charge in [0.25, 0.3) is 5.56 Å². The molecule has 2 aromatic heterocycles. The summed E-state index contributed by atoms with van der Waals surface area (Å²) in [6.45, 7) is 0. The van der Waals surface area contributed by atoms with Crippen LogP contribution in [0.4, 0.5) is 0 Å². The van der Waals surface area contributed by atoms with Crippen LogP contribution < -0.4 is 11.0 Å². The lowest BCUT2D eigenvalue weighted by Gasteiger charge is -1.94. The van der Waals surface area contributed by atoms with E-state index in [4.69, 9.17) is 4.52 Å². The van der Waals surface area contributed by atoms with Gasteiger partial charge in [-0.15, -0.1) is 12.4 Å². The first-order valence-corrected chi connectivity index (χ1v) is 4.39. The molecule has 0 atom stereocenters. The molecular weight excluding hydrogens is 232 g/mol. The van der Waals surface area contributed by atoms with Crippen molar-refractivity contribution in [1.29, 1.82) is 0 Å². The maximum absolute atomic E-state index is 11.9. The summed E-state index contributed by atoms with van der Waals surface area (Å²) in [6, 6.07) is 6.97. The molecule has 82 valence electrons. The molecule has 0 aliphatic rings. The van der Waals surface area contributed by atoms with E-state index in [-0.39, 0.29) is 28.9 Å². The molecule has 0 amide bonds. The van der Waals surface area contributed by atoms with Crippen LogP contribution >= 0.6 is 12.4 Å². The largest absolute Gasteiger partial charge is 0.360 e. The van der Waals surface area contributed by atoms with Crippen LogP contribution in [0.15, 0.2) is 38.4 Å². The van der Waals surface area contributed by atoms with E-state index >= 15 is 0 Å². The molecule has 6 heteroatoms. The molecule has 1 aromatic carbocycles. The number of aromatic amines is 2. The topological polar surface area (TPSA) is 78.9 Å². The van der Waals surface area contributed by atoms with Crippen molar-refractivity contribution in [3.05, 3.63) is 44.8 Å². The van der Waals surface area contributed by atoms with E-state index < -0.39 is 5.56 Å². The monoisotopic (exact) mass is 238 g/mol. The summed E-state index contributed by atoms with van der Waals surface area (Å²) in [4.78, 5) is 26.0. The lowest BCUT2D eigenvalue weighted by molar-refractivity contribution is 0.442. The molecule has 0 spiro atoms. The Morgan fingerprint density at radius 1 is 1.12 bits per heavy atom. The van der Waals surface area contributed by atoms with Gasteiger partial charge < -0.3 is 9.51 Å². The fourth-order valence-corrected chi connectivity index (χ4v) is 1.64. The van der Waals surface area contributed by atoms with Crippen LogP contribution in [0.1, 0.15) is 0 Å². The van der Waals surface area contributed by atoms with Crippen LogP contribution in [0.5, 0.6) is 0 Å². The van der Waals surface area contributed by atoms with Crippen molar-refractivity contribution < 1.29 is 4.52 Å². The minimum absolute atomic E-state index is 0. The zero-order chi connectivity index (χ0) is 10.4. The van der Waals surface area contributed by atoms with Gasteiger partial charge in [-0.05, 0) is 12.1 Å². The van der Waals surface area contributed by atoms with Crippen LogP contribution in [-0.2, 0) is 0 Å². The molecular formula is C10H7ClN2O3. The lowest BCUT2D eigenvalue weighted by atomic mass is 10.2. The van der Waals surface area contributed by atoms with E-state index in [1.54, 1.807) is 24.3 Å². The molecule has 0 bridgehead atoms. The van der Waals surface area contributed by atoms with E-state index in [1.165, 1.54) is 0 Å². The molecule has 16 heavy (non-hydrogen) atoms. The number of hydrogen-bond donors (Lipinski definition) is 2. The third kappa shape index (κ3) is 1.25. The second kappa shape index (κ2) is 3.53. The summed E-state index contributed by atoms with van der Waals surface area (Å²) in [5.41, 5.74) is 0.0211. The summed E-state index contributed by atoms with van der Waals surface area (Å²) in [7, 11) is 0. The first kappa shape index (κ1) is 10.5. The Hall–Kier alpha value is -2.01. The smallest absolute Gasteiger partial charge is 0.293 e. The maximum Gasteiger partial charge on any atom is 0.293 e. The highest BCUT2D eigenvalue weighted by molar-refractivity contribution is 5.89. The van der Waals surface area contributed by atoms with E-state index in [1.807, 2.05) is 0 Å². The average Bonchev–Trinajstić information content (AvgIpc) is 2.61. The Bertz CT molecular complexity index is 769. The normalized spacial score (nSPS) is 10.5. The fraction of sp³-hybridized carbons (Fsp3) is 0. The number of para-hydroxylation sites is 1. The third-order valence-electron chi connectivity index (χ3n) is 2.35. The standard InChI is InChI=1S/C10H6N2O3.ClH/c13-8-5-3-1-2-4-6(5)11-10-7(8)9(14)12-15-10;/h1-4H,(H,11,13)(H,12,14);1H. The number of pyridine rings is 1. The maximum atomic E-state index is 11.9. The highest BCUT2D eigenvalue weighted by Gasteiger charge is 2.11. The Morgan fingerprint density at radius 2 is 1.88 bits per heavy atom. The second-order valence-corrected chi connectivity index (χ2v) is 3.24. The third-order valence-corrected chi connectivity index (χ3v) is 2.35. The number of rotatable bonds is 0. The van der Waals surface area contributed by atoms with Crippen molar-refractivity contribution in [1.82, 2.24) is 10.1 Å². The van der Waals surface area contributed by atoms with Gasteiger partial charge in [0.15, 0.2) is 5.39 Å². The van der Waals surface area contributed by atoms with Crippen molar-refractivity contribution in [3.63, 3.8) is 0 Å². The van der Waals surface area contributed by atoms with Gasteiger partial charge >= 0.3 is 0 Å². The minimum Gasteiger partial charge on any atom is -0.360 e. The molecule has 3 aromatic rings. The van der Waals surface area contributed by atoms with E-state index in [0.717, 1.165) is 0 Å². The van der Waals surface area contributed by atoms with Gasteiger partial charge in [-0.2, -0.15) is 5.16 Å². The Kier molecular flexibility index (Phi) is 2.32. The molecule has 0 unspecified atom stereocenters. The quantitative estimate of drug-likeness (QED) is 0.621. The predicted molar refractivity (Wildman–Crippen MR) is 62.2 cm³/mol. The van der Waals surface area contributed by atoms with Gasteiger partial charge in [0.1, 0.15) is 0 Å². The highest BCUT2D eigenvalue weighted by atomic mass is 35.5. The van der Waals surface area contributed by atoms with Crippen molar-refractivity contribution in [2.24, 2.45) is 0 Å². The van der Waals surface area contributed by atoms with Gasteiger partial charge in [0, 0.05) is 5.39 Å². The molecule has 2 heterocycles. The van der Waals surface area contributed by atoms with Crippen LogP contribution in [0.25, 0.3) is 22.0 Å². The summed E-state index contributed by atoms with van der Waals surface area (Å²) in [5, 5.41) is 2.65. The molecule has 5 nitrogen and oxygen atoms in total. The molecule has 0 saturated carbocycles. The Morgan fingerprint density at radius 3 is 2.69 bits per heavy atom. The van der Waals surface area contributed by atoms with Crippen LogP contribution in [0, 0.1) is 0 Å². The lowest BCUT2D eigenvalue weighted by Crippen LogP contribution is -2.11. The van der Waals surface area contributed by atoms with Crippen LogP contribution in [-0.4, -0.2) is 10.1 Å². The molecule has 0 radical (unpaired) electrons. The number of fused-ring (bicyclic) bond motifs is 2. The zero-order valence-corrected chi connectivity index (χ0v) is 8.76. The molecule has 0 saturated heterocycles. The summed E-state index contributed by atoms with van der Waals surface area (Å²) in [6.07, 6.45) is 0. The van der Waals surface area contributed by atoms with Gasteiger partial charge in [-0.3, -0.25) is 9.59 Å².